The third kappa shape index (κ3) is 2.38. The molecule has 1 aliphatic rings. The third-order valence-corrected chi connectivity index (χ3v) is 4.59. The van der Waals surface area contributed by atoms with Gasteiger partial charge in [-0.25, -0.2) is 15.0 Å². The van der Waals surface area contributed by atoms with Gasteiger partial charge in [-0.3, -0.25) is 0 Å². The minimum Gasteiger partial charge on any atom is -0.378 e. The molecule has 4 rings (SSSR count). The van der Waals surface area contributed by atoms with E-state index in [0.29, 0.717) is 0 Å². The molecule has 0 aliphatic carbocycles. The Morgan fingerprint density at radius 1 is 1.14 bits per heavy atom. The highest BCUT2D eigenvalue weighted by molar-refractivity contribution is 7.17. The summed E-state index contributed by atoms with van der Waals surface area (Å²) < 4.78 is 6.40. The first-order chi connectivity index (χ1) is 10.8. The molecule has 0 amide bonds. The number of morpholine rings is 1. The summed E-state index contributed by atoms with van der Waals surface area (Å²) in [6.45, 7) is 3.26. The van der Waals surface area contributed by atoms with Crippen LogP contribution in [0.4, 0.5) is 11.8 Å². The summed E-state index contributed by atoms with van der Waals surface area (Å²) in [6.07, 6.45) is 1.85. The van der Waals surface area contributed by atoms with Gasteiger partial charge in [0.25, 0.3) is 0 Å². The van der Waals surface area contributed by atoms with Gasteiger partial charge in [0.05, 0.1) is 29.1 Å². The first-order valence-corrected chi connectivity index (χ1v) is 7.99. The predicted octanol–water partition coefficient (Wildman–Crippen LogP) is 2.17. The second kappa shape index (κ2) is 5.51. The molecule has 3 aromatic heterocycles. The van der Waals surface area contributed by atoms with Gasteiger partial charge in [0.15, 0.2) is 0 Å². The molecule has 112 valence electrons. The van der Waals surface area contributed by atoms with Crippen LogP contribution < -0.4 is 10.6 Å². The van der Waals surface area contributed by atoms with Gasteiger partial charge in [-0.1, -0.05) is 0 Å². The lowest BCUT2D eigenvalue weighted by molar-refractivity contribution is 0.122. The smallest absolute Gasteiger partial charge is 0.221 e. The van der Waals surface area contributed by atoms with Gasteiger partial charge in [0.1, 0.15) is 5.82 Å². The number of aromatic nitrogens is 3. The van der Waals surface area contributed by atoms with Crippen LogP contribution in [0.5, 0.6) is 0 Å². The highest BCUT2D eigenvalue weighted by atomic mass is 32.1. The zero-order valence-electron chi connectivity index (χ0n) is 11.9. The summed E-state index contributed by atoms with van der Waals surface area (Å²) in [4.78, 5) is 15.4. The van der Waals surface area contributed by atoms with Crippen LogP contribution in [0.2, 0.25) is 0 Å². The van der Waals surface area contributed by atoms with Crippen LogP contribution in [0.25, 0.3) is 21.5 Å². The lowest BCUT2D eigenvalue weighted by atomic mass is 10.2. The van der Waals surface area contributed by atoms with Crippen molar-refractivity contribution >= 4 is 33.3 Å². The number of hydrogen-bond acceptors (Lipinski definition) is 7. The van der Waals surface area contributed by atoms with E-state index in [4.69, 9.17) is 10.5 Å². The minimum atomic E-state index is 0.290. The second-order valence-corrected chi connectivity index (χ2v) is 5.99. The van der Waals surface area contributed by atoms with Crippen molar-refractivity contribution in [3.05, 3.63) is 29.8 Å². The Morgan fingerprint density at radius 2 is 2.00 bits per heavy atom. The molecule has 0 bridgehead atoms. The Morgan fingerprint density at radius 3 is 2.77 bits per heavy atom. The fourth-order valence-corrected chi connectivity index (χ4v) is 3.43. The van der Waals surface area contributed by atoms with Crippen molar-refractivity contribution in [1.82, 2.24) is 15.0 Å². The van der Waals surface area contributed by atoms with Crippen molar-refractivity contribution < 1.29 is 4.74 Å². The van der Waals surface area contributed by atoms with Crippen LogP contribution in [0.3, 0.4) is 0 Å². The Bertz CT molecular complexity index is 795. The predicted molar refractivity (Wildman–Crippen MR) is 88.1 cm³/mol. The molecule has 22 heavy (non-hydrogen) atoms. The highest BCUT2D eigenvalue weighted by Gasteiger charge is 2.14. The number of nitrogens with two attached hydrogens (primary N) is 1. The van der Waals surface area contributed by atoms with E-state index in [9.17, 15) is 0 Å². The average Bonchev–Trinajstić information content (AvgIpc) is 3.03. The Labute approximate surface area is 131 Å². The molecule has 3 aromatic rings. The van der Waals surface area contributed by atoms with E-state index in [1.165, 1.54) is 0 Å². The van der Waals surface area contributed by atoms with E-state index in [0.717, 1.165) is 53.6 Å². The summed E-state index contributed by atoms with van der Waals surface area (Å²) in [5.74, 6) is 1.26. The number of fused-ring (bicyclic) bond motifs is 1. The Hall–Kier alpha value is -2.25. The van der Waals surface area contributed by atoms with Crippen LogP contribution in [0, 0.1) is 0 Å². The molecule has 7 heteroatoms. The number of thiophene rings is 1. The van der Waals surface area contributed by atoms with Crippen molar-refractivity contribution in [3.8, 4) is 11.3 Å². The second-order valence-electron chi connectivity index (χ2n) is 5.07. The minimum absolute atomic E-state index is 0.290. The third-order valence-electron chi connectivity index (χ3n) is 3.68. The molecule has 1 saturated heterocycles. The van der Waals surface area contributed by atoms with Crippen LogP contribution in [-0.4, -0.2) is 41.3 Å². The SMILES string of the molecule is Nc1nc(-c2ccc(N3CCOCC3)nc2)c2sccc2n1. The standard InChI is InChI=1S/C15H15N5OS/c16-15-18-11-3-8-22-14(11)13(19-15)10-1-2-12(17-9-10)20-4-6-21-7-5-20/h1-3,8-9H,4-7H2,(H2,16,18,19). The van der Waals surface area contributed by atoms with Crippen molar-refractivity contribution in [1.29, 1.82) is 0 Å². The molecule has 4 heterocycles. The number of hydrogen-bond donors (Lipinski definition) is 1. The molecule has 0 aromatic carbocycles. The first kappa shape index (κ1) is 13.4. The van der Waals surface area contributed by atoms with Crippen molar-refractivity contribution in [2.75, 3.05) is 36.9 Å². The summed E-state index contributed by atoms with van der Waals surface area (Å²) in [6, 6.07) is 6.02. The maximum absolute atomic E-state index is 5.81. The number of nitrogens with zero attached hydrogens (tertiary/aromatic N) is 4. The van der Waals surface area contributed by atoms with Crippen molar-refractivity contribution in [2.24, 2.45) is 0 Å². The molecule has 0 spiro atoms. The molecular formula is C15H15N5OS. The summed E-state index contributed by atoms with van der Waals surface area (Å²) in [7, 11) is 0. The molecule has 0 radical (unpaired) electrons. The monoisotopic (exact) mass is 313 g/mol. The zero-order valence-corrected chi connectivity index (χ0v) is 12.7. The number of nitrogen functional groups attached to an aromatic ring is 1. The van der Waals surface area contributed by atoms with Crippen molar-refractivity contribution in [3.63, 3.8) is 0 Å². The van der Waals surface area contributed by atoms with Gasteiger partial charge in [0.2, 0.25) is 5.95 Å². The topological polar surface area (TPSA) is 77.2 Å². The Kier molecular flexibility index (Phi) is 3.36. The van der Waals surface area contributed by atoms with E-state index in [1.54, 1.807) is 11.3 Å². The van der Waals surface area contributed by atoms with Gasteiger partial charge < -0.3 is 15.4 Å². The number of anilines is 2. The largest absolute Gasteiger partial charge is 0.378 e. The highest BCUT2D eigenvalue weighted by Crippen LogP contribution is 2.31. The number of rotatable bonds is 2. The molecular weight excluding hydrogens is 298 g/mol. The molecule has 2 N–H and O–H groups in total. The number of ether oxygens (including phenoxy) is 1. The van der Waals surface area contributed by atoms with Gasteiger partial charge in [-0.2, -0.15) is 0 Å². The van der Waals surface area contributed by atoms with E-state index >= 15 is 0 Å². The molecule has 6 nitrogen and oxygen atoms in total. The summed E-state index contributed by atoms with van der Waals surface area (Å²) in [5, 5.41) is 2.00. The fourth-order valence-electron chi connectivity index (χ4n) is 2.58. The lowest BCUT2D eigenvalue weighted by Gasteiger charge is -2.27. The first-order valence-electron chi connectivity index (χ1n) is 7.11. The molecule has 1 aliphatic heterocycles. The van der Waals surface area contributed by atoms with Gasteiger partial charge in [-0.05, 0) is 23.6 Å². The van der Waals surface area contributed by atoms with Crippen LogP contribution in [0.15, 0.2) is 29.8 Å². The maximum atomic E-state index is 5.81. The van der Waals surface area contributed by atoms with E-state index in [1.807, 2.05) is 29.8 Å². The van der Waals surface area contributed by atoms with Crippen LogP contribution in [-0.2, 0) is 4.74 Å². The summed E-state index contributed by atoms with van der Waals surface area (Å²) in [5.41, 5.74) is 8.49. The maximum Gasteiger partial charge on any atom is 0.221 e. The van der Waals surface area contributed by atoms with Crippen LogP contribution in [0.1, 0.15) is 0 Å². The van der Waals surface area contributed by atoms with Gasteiger partial charge >= 0.3 is 0 Å². The van der Waals surface area contributed by atoms with Gasteiger partial charge in [0, 0.05) is 24.8 Å². The van der Waals surface area contributed by atoms with Gasteiger partial charge in [-0.15, -0.1) is 11.3 Å². The average molecular weight is 313 g/mol. The molecule has 0 saturated carbocycles. The quantitative estimate of drug-likeness (QED) is 0.781. The lowest BCUT2D eigenvalue weighted by Crippen LogP contribution is -2.36. The fraction of sp³-hybridized carbons (Fsp3) is 0.267. The Balaban J connectivity index is 1.71. The van der Waals surface area contributed by atoms with E-state index in [-0.39, 0.29) is 5.95 Å². The van der Waals surface area contributed by atoms with E-state index in [2.05, 4.69) is 19.9 Å². The van der Waals surface area contributed by atoms with Crippen molar-refractivity contribution in [2.45, 2.75) is 0 Å². The summed E-state index contributed by atoms with van der Waals surface area (Å²) >= 11 is 1.61. The molecule has 0 atom stereocenters. The van der Waals surface area contributed by atoms with Crippen LogP contribution >= 0.6 is 11.3 Å². The number of pyridine rings is 1. The molecule has 1 fully saturated rings. The normalized spacial score (nSPS) is 15.4. The molecule has 0 unspecified atom stereocenters. The van der Waals surface area contributed by atoms with E-state index < -0.39 is 0 Å². The zero-order chi connectivity index (χ0) is 14.9.